The summed E-state index contributed by atoms with van der Waals surface area (Å²) in [5.74, 6) is 0.270. The van der Waals surface area contributed by atoms with Crippen molar-refractivity contribution in [3.05, 3.63) is 60.7 Å². The molecule has 0 unspecified atom stereocenters. The van der Waals surface area contributed by atoms with Gasteiger partial charge in [0.05, 0.1) is 0 Å². The third-order valence-corrected chi connectivity index (χ3v) is 3.06. The smallest absolute Gasteiger partial charge is 0.115 e. The summed E-state index contributed by atoms with van der Waals surface area (Å²) >= 11 is 0. The maximum Gasteiger partial charge on any atom is 0.115 e. The van der Waals surface area contributed by atoms with E-state index in [0.717, 1.165) is 27.6 Å². The van der Waals surface area contributed by atoms with E-state index in [1.165, 1.54) is 0 Å². The number of hydrogen-bond acceptors (Lipinski definition) is 2. The zero-order valence-electron chi connectivity index (χ0n) is 9.80. The lowest BCUT2D eigenvalue weighted by atomic mass is 9.97. The molecule has 0 saturated heterocycles. The lowest BCUT2D eigenvalue weighted by Crippen LogP contribution is -1.88. The van der Waals surface area contributed by atoms with Crippen molar-refractivity contribution in [2.45, 2.75) is 0 Å². The van der Waals surface area contributed by atoms with Crippen LogP contribution in [0.1, 0.15) is 0 Å². The lowest BCUT2D eigenvalue weighted by Gasteiger charge is -2.08. The minimum atomic E-state index is 0.270. The first kappa shape index (κ1) is 10.7. The molecule has 0 fully saturated rings. The second-order valence-corrected chi connectivity index (χ2v) is 4.34. The molecule has 3 N–H and O–H groups in total. The summed E-state index contributed by atoms with van der Waals surface area (Å²) in [7, 11) is 0. The van der Waals surface area contributed by atoms with E-state index in [1.807, 2.05) is 36.4 Å². The molecular formula is C16H13NO. The van der Waals surface area contributed by atoms with Crippen LogP contribution in [0.5, 0.6) is 5.75 Å². The van der Waals surface area contributed by atoms with Crippen LogP contribution in [0, 0.1) is 0 Å². The number of aromatic hydroxyl groups is 1. The van der Waals surface area contributed by atoms with Gasteiger partial charge in [0.25, 0.3) is 0 Å². The van der Waals surface area contributed by atoms with Crippen molar-refractivity contribution in [3.8, 4) is 16.9 Å². The summed E-state index contributed by atoms with van der Waals surface area (Å²) in [6.07, 6.45) is 0. The third kappa shape index (κ3) is 1.78. The van der Waals surface area contributed by atoms with Gasteiger partial charge in [-0.05, 0) is 46.2 Å². The van der Waals surface area contributed by atoms with Crippen molar-refractivity contribution in [2.75, 3.05) is 5.73 Å². The van der Waals surface area contributed by atoms with Gasteiger partial charge in [0.1, 0.15) is 5.75 Å². The van der Waals surface area contributed by atoms with Gasteiger partial charge in [0, 0.05) is 5.69 Å². The van der Waals surface area contributed by atoms with Crippen LogP contribution < -0.4 is 5.73 Å². The molecule has 3 aromatic carbocycles. The number of fused-ring (bicyclic) bond motifs is 1. The molecule has 3 aromatic rings. The first-order valence-corrected chi connectivity index (χ1v) is 5.82. The molecule has 0 aliphatic heterocycles. The fraction of sp³-hybridized carbons (Fsp3) is 0. The highest BCUT2D eigenvalue weighted by molar-refractivity contribution is 5.99. The van der Waals surface area contributed by atoms with E-state index in [2.05, 4.69) is 12.1 Å². The Hall–Kier alpha value is -2.48. The molecule has 18 heavy (non-hydrogen) atoms. The SMILES string of the molecule is Nc1cc(-c2ccc(O)cc2)c2ccccc2c1. The number of phenolic OH excluding ortho intramolecular Hbond substituents is 1. The Balaban J connectivity index is 2.31. The van der Waals surface area contributed by atoms with E-state index in [9.17, 15) is 5.11 Å². The molecule has 0 heterocycles. The largest absolute Gasteiger partial charge is 0.508 e. The minimum absolute atomic E-state index is 0.270. The highest BCUT2D eigenvalue weighted by atomic mass is 16.3. The Morgan fingerprint density at radius 3 is 2.33 bits per heavy atom. The molecule has 0 saturated carbocycles. The summed E-state index contributed by atoms with van der Waals surface area (Å²) in [5.41, 5.74) is 8.83. The first-order chi connectivity index (χ1) is 8.74. The molecule has 2 heteroatoms. The van der Waals surface area contributed by atoms with E-state index in [-0.39, 0.29) is 5.75 Å². The van der Waals surface area contributed by atoms with Gasteiger partial charge in [-0.2, -0.15) is 0 Å². The van der Waals surface area contributed by atoms with Crippen molar-refractivity contribution in [3.63, 3.8) is 0 Å². The molecule has 0 aromatic heterocycles. The van der Waals surface area contributed by atoms with Crippen LogP contribution in [0.25, 0.3) is 21.9 Å². The Bertz CT molecular complexity index is 702. The van der Waals surface area contributed by atoms with Gasteiger partial charge < -0.3 is 10.8 Å². The minimum Gasteiger partial charge on any atom is -0.508 e. The van der Waals surface area contributed by atoms with E-state index in [0.29, 0.717) is 0 Å². The van der Waals surface area contributed by atoms with Crippen molar-refractivity contribution >= 4 is 16.5 Å². The van der Waals surface area contributed by atoms with Gasteiger partial charge in [-0.15, -0.1) is 0 Å². The van der Waals surface area contributed by atoms with Gasteiger partial charge in [-0.25, -0.2) is 0 Å². The summed E-state index contributed by atoms with van der Waals surface area (Å²) in [6, 6.07) is 19.3. The van der Waals surface area contributed by atoms with Crippen LogP contribution in [0.15, 0.2) is 60.7 Å². The molecule has 0 aliphatic carbocycles. The van der Waals surface area contributed by atoms with Crippen molar-refractivity contribution in [1.29, 1.82) is 0 Å². The highest BCUT2D eigenvalue weighted by Crippen LogP contribution is 2.31. The fourth-order valence-corrected chi connectivity index (χ4v) is 2.21. The van der Waals surface area contributed by atoms with Crippen molar-refractivity contribution in [1.82, 2.24) is 0 Å². The third-order valence-electron chi connectivity index (χ3n) is 3.06. The number of anilines is 1. The van der Waals surface area contributed by atoms with E-state index >= 15 is 0 Å². The normalized spacial score (nSPS) is 10.7. The van der Waals surface area contributed by atoms with Crippen LogP contribution in [-0.4, -0.2) is 5.11 Å². The van der Waals surface area contributed by atoms with Gasteiger partial charge in [0.2, 0.25) is 0 Å². The molecule has 2 nitrogen and oxygen atoms in total. The Labute approximate surface area is 105 Å². The number of phenols is 1. The molecule has 88 valence electrons. The molecule has 0 spiro atoms. The van der Waals surface area contributed by atoms with Gasteiger partial charge in [0.15, 0.2) is 0 Å². The van der Waals surface area contributed by atoms with Gasteiger partial charge in [-0.3, -0.25) is 0 Å². The zero-order chi connectivity index (χ0) is 12.5. The molecule has 0 radical (unpaired) electrons. The summed E-state index contributed by atoms with van der Waals surface area (Å²) in [6.45, 7) is 0. The average Bonchev–Trinajstić information content (AvgIpc) is 2.38. The average molecular weight is 235 g/mol. The number of hydrogen-bond donors (Lipinski definition) is 2. The lowest BCUT2D eigenvalue weighted by molar-refractivity contribution is 0.475. The Morgan fingerprint density at radius 2 is 1.56 bits per heavy atom. The molecule has 3 rings (SSSR count). The van der Waals surface area contributed by atoms with Crippen LogP contribution in [0.3, 0.4) is 0 Å². The molecule has 0 bridgehead atoms. The standard InChI is InChI=1S/C16H13NO/c17-13-9-12-3-1-2-4-15(12)16(10-13)11-5-7-14(18)8-6-11/h1-10,18H,17H2. The summed E-state index contributed by atoms with van der Waals surface area (Å²) < 4.78 is 0. The molecule has 0 atom stereocenters. The highest BCUT2D eigenvalue weighted by Gasteiger charge is 2.05. The number of benzene rings is 3. The van der Waals surface area contributed by atoms with E-state index in [4.69, 9.17) is 5.73 Å². The van der Waals surface area contributed by atoms with Crippen LogP contribution in [-0.2, 0) is 0 Å². The van der Waals surface area contributed by atoms with Crippen LogP contribution in [0.2, 0.25) is 0 Å². The summed E-state index contributed by atoms with van der Waals surface area (Å²) in [4.78, 5) is 0. The predicted molar refractivity (Wildman–Crippen MR) is 75.5 cm³/mol. The first-order valence-electron chi connectivity index (χ1n) is 5.82. The number of rotatable bonds is 1. The summed E-state index contributed by atoms with van der Waals surface area (Å²) in [5, 5.41) is 11.6. The zero-order valence-corrected chi connectivity index (χ0v) is 9.80. The van der Waals surface area contributed by atoms with Gasteiger partial charge >= 0.3 is 0 Å². The quantitative estimate of drug-likeness (QED) is 0.630. The molecule has 0 aliphatic rings. The maximum absolute atomic E-state index is 9.35. The van der Waals surface area contributed by atoms with E-state index in [1.54, 1.807) is 12.1 Å². The van der Waals surface area contributed by atoms with Crippen molar-refractivity contribution in [2.24, 2.45) is 0 Å². The second kappa shape index (κ2) is 4.08. The maximum atomic E-state index is 9.35. The second-order valence-electron chi connectivity index (χ2n) is 4.34. The van der Waals surface area contributed by atoms with Crippen LogP contribution >= 0.6 is 0 Å². The fourth-order valence-electron chi connectivity index (χ4n) is 2.21. The predicted octanol–water partition coefficient (Wildman–Crippen LogP) is 3.79. The monoisotopic (exact) mass is 235 g/mol. The van der Waals surface area contributed by atoms with Crippen molar-refractivity contribution < 1.29 is 5.11 Å². The topological polar surface area (TPSA) is 46.2 Å². The van der Waals surface area contributed by atoms with Gasteiger partial charge in [-0.1, -0.05) is 36.4 Å². The number of nitrogens with two attached hydrogens (primary N) is 1. The Kier molecular flexibility index (Phi) is 2.41. The molecular weight excluding hydrogens is 222 g/mol. The molecule has 0 amide bonds. The number of nitrogen functional groups attached to an aromatic ring is 1. The Morgan fingerprint density at radius 1 is 0.833 bits per heavy atom. The van der Waals surface area contributed by atoms with E-state index < -0.39 is 0 Å². The van der Waals surface area contributed by atoms with Crippen LogP contribution in [0.4, 0.5) is 5.69 Å².